The molecule has 0 bridgehead atoms. The Labute approximate surface area is 140 Å². The molecule has 1 aliphatic rings. The lowest BCUT2D eigenvalue weighted by molar-refractivity contribution is 0.100. The number of nitrogens with two attached hydrogens (primary N) is 2. The SMILES string of the molecule is Cc1cc(Nc2cc(N[C@@H]3CCCC[C@@H]3N)ccc2C(N)=O)on1. The summed E-state index contributed by atoms with van der Waals surface area (Å²) in [4.78, 5) is 11.7. The van der Waals surface area contributed by atoms with E-state index in [0.717, 1.165) is 24.2 Å². The van der Waals surface area contributed by atoms with E-state index in [1.54, 1.807) is 12.1 Å². The molecule has 1 fully saturated rings. The van der Waals surface area contributed by atoms with E-state index in [-0.39, 0.29) is 12.1 Å². The lowest BCUT2D eigenvalue weighted by Gasteiger charge is -2.30. The molecule has 24 heavy (non-hydrogen) atoms. The molecule has 1 aromatic heterocycles. The fourth-order valence-corrected chi connectivity index (χ4v) is 3.06. The second-order valence-electron chi connectivity index (χ2n) is 6.28. The lowest BCUT2D eigenvalue weighted by atomic mass is 9.91. The number of nitrogens with one attached hydrogen (secondary N) is 2. The second-order valence-corrected chi connectivity index (χ2v) is 6.28. The third-order valence-electron chi connectivity index (χ3n) is 4.34. The highest BCUT2D eigenvalue weighted by molar-refractivity contribution is 5.99. The van der Waals surface area contributed by atoms with E-state index < -0.39 is 5.91 Å². The van der Waals surface area contributed by atoms with Crippen LogP contribution in [0.4, 0.5) is 17.3 Å². The van der Waals surface area contributed by atoms with Crippen LogP contribution in [0.25, 0.3) is 0 Å². The summed E-state index contributed by atoms with van der Waals surface area (Å²) in [5.74, 6) is -0.0452. The van der Waals surface area contributed by atoms with Crippen LogP contribution in [-0.4, -0.2) is 23.1 Å². The molecular weight excluding hydrogens is 306 g/mol. The Kier molecular flexibility index (Phi) is 4.71. The van der Waals surface area contributed by atoms with Crippen molar-refractivity contribution in [2.75, 3.05) is 10.6 Å². The van der Waals surface area contributed by atoms with Crippen molar-refractivity contribution < 1.29 is 9.32 Å². The van der Waals surface area contributed by atoms with Gasteiger partial charge < -0.3 is 26.6 Å². The molecular formula is C17H23N5O2. The zero-order valence-corrected chi connectivity index (χ0v) is 13.7. The van der Waals surface area contributed by atoms with E-state index in [9.17, 15) is 4.79 Å². The third-order valence-corrected chi connectivity index (χ3v) is 4.34. The molecule has 0 aliphatic heterocycles. The molecule has 128 valence electrons. The van der Waals surface area contributed by atoms with Crippen LogP contribution >= 0.6 is 0 Å². The highest BCUT2D eigenvalue weighted by atomic mass is 16.5. The summed E-state index contributed by atoms with van der Waals surface area (Å²) < 4.78 is 5.16. The van der Waals surface area contributed by atoms with E-state index >= 15 is 0 Å². The Bertz CT molecular complexity index is 728. The van der Waals surface area contributed by atoms with Gasteiger partial charge in [-0.1, -0.05) is 18.0 Å². The molecule has 1 amide bonds. The normalized spacial score (nSPS) is 20.6. The summed E-state index contributed by atoms with van der Waals surface area (Å²) in [7, 11) is 0. The Hall–Kier alpha value is -2.54. The minimum atomic E-state index is -0.505. The molecule has 7 nitrogen and oxygen atoms in total. The number of aryl methyl sites for hydroxylation is 1. The van der Waals surface area contributed by atoms with Crippen LogP contribution in [0.3, 0.4) is 0 Å². The fourth-order valence-electron chi connectivity index (χ4n) is 3.06. The zero-order valence-electron chi connectivity index (χ0n) is 13.7. The first-order chi connectivity index (χ1) is 11.5. The summed E-state index contributed by atoms with van der Waals surface area (Å²) in [6.07, 6.45) is 4.42. The minimum absolute atomic E-state index is 0.142. The van der Waals surface area contributed by atoms with Gasteiger partial charge in [0.05, 0.1) is 16.9 Å². The molecule has 0 spiro atoms. The molecule has 0 unspecified atom stereocenters. The molecule has 0 radical (unpaired) electrons. The Balaban J connectivity index is 1.83. The van der Waals surface area contributed by atoms with Crippen LogP contribution in [0, 0.1) is 6.92 Å². The number of rotatable bonds is 5. The molecule has 1 saturated carbocycles. The van der Waals surface area contributed by atoms with Gasteiger partial charge in [-0.15, -0.1) is 0 Å². The van der Waals surface area contributed by atoms with Gasteiger partial charge in [0, 0.05) is 23.8 Å². The summed E-state index contributed by atoms with van der Waals surface area (Å²) in [5.41, 5.74) is 14.3. The zero-order chi connectivity index (χ0) is 17.1. The molecule has 6 N–H and O–H groups in total. The van der Waals surface area contributed by atoms with Crippen molar-refractivity contribution in [1.82, 2.24) is 5.16 Å². The molecule has 7 heteroatoms. The molecule has 1 heterocycles. The summed E-state index contributed by atoms with van der Waals surface area (Å²) in [5, 5.41) is 10.4. The number of amides is 1. The van der Waals surface area contributed by atoms with Crippen LogP contribution < -0.4 is 22.1 Å². The van der Waals surface area contributed by atoms with Crippen LogP contribution in [0.5, 0.6) is 0 Å². The number of hydrogen-bond donors (Lipinski definition) is 4. The first kappa shape index (κ1) is 16.3. The topological polar surface area (TPSA) is 119 Å². The summed E-state index contributed by atoms with van der Waals surface area (Å²) >= 11 is 0. The first-order valence-electron chi connectivity index (χ1n) is 8.19. The molecule has 1 aromatic carbocycles. The number of primary amides is 1. The van der Waals surface area contributed by atoms with Gasteiger partial charge in [-0.2, -0.15) is 0 Å². The van der Waals surface area contributed by atoms with Crippen molar-refractivity contribution in [1.29, 1.82) is 0 Å². The van der Waals surface area contributed by atoms with Crippen LogP contribution in [0.1, 0.15) is 41.7 Å². The maximum absolute atomic E-state index is 11.7. The number of anilines is 3. The van der Waals surface area contributed by atoms with Crippen molar-refractivity contribution in [2.24, 2.45) is 11.5 Å². The first-order valence-corrected chi connectivity index (χ1v) is 8.19. The smallest absolute Gasteiger partial charge is 0.250 e. The van der Waals surface area contributed by atoms with Crippen molar-refractivity contribution in [2.45, 2.75) is 44.7 Å². The van der Waals surface area contributed by atoms with E-state index in [2.05, 4.69) is 15.8 Å². The van der Waals surface area contributed by atoms with E-state index in [1.807, 2.05) is 19.1 Å². The standard InChI is InChI=1S/C17H23N5O2/c1-10-8-16(24-22-10)21-15-9-11(6-7-12(15)17(19)23)20-14-5-3-2-4-13(14)18/h6-9,13-14,20-21H,2-5,18H2,1H3,(H2,19,23)/t13-,14+/m0/s1. The Morgan fingerprint density at radius 2 is 2.08 bits per heavy atom. The number of carbonyl (C=O) groups excluding carboxylic acids is 1. The average Bonchev–Trinajstić information content (AvgIpc) is 2.94. The van der Waals surface area contributed by atoms with Crippen molar-refractivity contribution in [3.63, 3.8) is 0 Å². The molecule has 2 aromatic rings. The maximum atomic E-state index is 11.7. The van der Waals surface area contributed by atoms with Crippen LogP contribution in [0.2, 0.25) is 0 Å². The summed E-state index contributed by atoms with van der Waals surface area (Å²) in [6, 6.07) is 7.52. The van der Waals surface area contributed by atoms with Gasteiger partial charge >= 0.3 is 0 Å². The minimum Gasteiger partial charge on any atom is -0.381 e. The largest absolute Gasteiger partial charge is 0.381 e. The van der Waals surface area contributed by atoms with Crippen LogP contribution in [-0.2, 0) is 0 Å². The average molecular weight is 329 g/mol. The molecule has 3 rings (SSSR count). The highest BCUT2D eigenvalue weighted by Gasteiger charge is 2.22. The lowest BCUT2D eigenvalue weighted by Crippen LogP contribution is -2.42. The Morgan fingerprint density at radius 3 is 2.75 bits per heavy atom. The Morgan fingerprint density at radius 1 is 1.29 bits per heavy atom. The predicted molar refractivity (Wildman–Crippen MR) is 93.3 cm³/mol. The number of carbonyl (C=O) groups is 1. The van der Waals surface area contributed by atoms with Gasteiger partial charge in [-0.3, -0.25) is 4.79 Å². The van der Waals surface area contributed by atoms with Gasteiger partial charge in [-0.05, 0) is 38.0 Å². The van der Waals surface area contributed by atoms with Gasteiger partial charge in [0.25, 0.3) is 5.91 Å². The van der Waals surface area contributed by atoms with Crippen molar-refractivity contribution in [3.05, 3.63) is 35.5 Å². The van der Waals surface area contributed by atoms with Gasteiger partial charge in [-0.25, -0.2) is 0 Å². The van der Waals surface area contributed by atoms with Gasteiger partial charge in [0.15, 0.2) is 0 Å². The third kappa shape index (κ3) is 3.68. The van der Waals surface area contributed by atoms with E-state index in [1.165, 1.54) is 12.8 Å². The number of benzene rings is 1. The second kappa shape index (κ2) is 6.92. The number of hydrogen-bond acceptors (Lipinski definition) is 6. The summed E-state index contributed by atoms with van der Waals surface area (Å²) in [6.45, 7) is 1.83. The fraction of sp³-hybridized carbons (Fsp3) is 0.412. The predicted octanol–water partition coefficient (Wildman–Crippen LogP) is 2.51. The van der Waals surface area contributed by atoms with E-state index in [4.69, 9.17) is 16.0 Å². The van der Waals surface area contributed by atoms with E-state index in [0.29, 0.717) is 17.1 Å². The number of aromatic nitrogens is 1. The maximum Gasteiger partial charge on any atom is 0.250 e. The van der Waals surface area contributed by atoms with Crippen molar-refractivity contribution >= 4 is 23.2 Å². The quantitative estimate of drug-likeness (QED) is 0.669. The van der Waals surface area contributed by atoms with Gasteiger partial charge in [0.1, 0.15) is 0 Å². The van der Waals surface area contributed by atoms with Gasteiger partial charge in [0.2, 0.25) is 5.88 Å². The van der Waals surface area contributed by atoms with Crippen molar-refractivity contribution in [3.8, 4) is 0 Å². The number of nitrogens with zero attached hydrogens (tertiary/aromatic N) is 1. The molecule has 0 saturated heterocycles. The monoisotopic (exact) mass is 329 g/mol. The molecule has 1 aliphatic carbocycles. The highest BCUT2D eigenvalue weighted by Crippen LogP contribution is 2.27. The molecule has 2 atom stereocenters. The van der Waals surface area contributed by atoms with Crippen LogP contribution in [0.15, 0.2) is 28.8 Å².